The molecule has 1 amide bonds. The Kier molecular flexibility index (Phi) is 7.67. The van der Waals surface area contributed by atoms with E-state index in [-0.39, 0.29) is 22.2 Å². The molecule has 0 spiro atoms. The van der Waals surface area contributed by atoms with Gasteiger partial charge in [-0.15, -0.1) is 23.1 Å². The van der Waals surface area contributed by atoms with Crippen molar-refractivity contribution in [1.29, 1.82) is 0 Å². The summed E-state index contributed by atoms with van der Waals surface area (Å²) in [5.74, 6) is -0.135. The Morgan fingerprint density at radius 2 is 1.81 bits per heavy atom. The van der Waals surface area contributed by atoms with E-state index in [0.717, 1.165) is 10.5 Å². The molecule has 0 aliphatic rings. The maximum Gasteiger partial charge on any atom is 0.270 e. The molecule has 4 rings (SSSR count). The van der Waals surface area contributed by atoms with E-state index in [1.54, 1.807) is 66.0 Å². The maximum atomic E-state index is 12.5. The number of benzene rings is 3. The standard InChI is InChI=1S/C24H20N4O5S3/c1-16-5-11-21(12-6-16)36(32,33)27-18-7-9-20(10-8-18)34-15-23(29)26-24-25-22(14-35-24)17-3-2-4-19(13-17)28(30)31/h2-14,27H,15H2,1H3,(H,25,26,29). The van der Waals surface area contributed by atoms with E-state index in [9.17, 15) is 23.3 Å². The van der Waals surface area contributed by atoms with Gasteiger partial charge in [-0.2, -0.15) is 0 Å². The summed E-state index contributed by atoms with van der Waals surface area (Å²) in [6.45, 7) is 1.88. The van der Waals surface area contributed by atoms with E-state index in [1.165, 1.54) is 35.2 Å². The molecule has 0 aliphatic carbocycles. The molecule has 0 atom stereocenters. The first-order valence-corrected chi connectivity index (χ1v) is 13.9. The summed E-state index contributed by atoms with van der Waals surface area (Å²) in [6, 6.07) is 19.4. The second-order valence-corrected chi connectivity index (χ2v) is 11.2. The van der Waals surface area contributed by atoms with Crippen LogP contribution in [0, 0.1) is 17.0 Å². The summed E-state index contributed by atoms with van der Waals surface area (Å²) >= 11 is 2.52. The lowest BCUT2D eigenvalue weighted by molar-refractivity contribution is -0.384. The summed E-state index contributed by atoms with van der Waals surface area (Å²) < 4.78 is 27.6. The predicted molar refractivity (Wildman–Crippen MR) is 142 cm³/mol. The van der Waals surface area contributed by atoms with Crippen LogP contribution in [0.15, 0.2) is 88.0 Å². The molecule has 184 valence electrons. The van der Waals surface area contributed by atoms with Crippen LogP contribution in [-0.4, -0.2) is 30.0 Å². The van der Waals surface area contributed by atoms with Crippen molar-refractivity contribution in [2.75, 3.05) is 15.8 Å². The van der Waals surface area contributed by atoms with Crippen molar-refractivity contribution in [3.63, 3.8) is 0 Å². The van der Waals surface area contributed by atoms with E-state index in [1.807, 2.05) is 6.92 Å². The SMILES string of the molecule is Cc1ccc(S(=O)(=O)Nc2ccc(SCC(=O)Nc3nc(-c4cccc([N+](=O)[O-])c4)cs3)cc2)cc1. The number of aromatic nitrogens is 1. The third-order valence-electron chi connectivity index (χ3n) is 4.91. The van der Waals surface area contributed by atoms with Crippen LogP contribution < -0.4 is 10.0 Å². The van der Waals surface area contributed by atoms with Crippen molar-refractivity contribution in [3.05, 3.63) is 93.9 Å². The third kappa shape index (κ3) is 6.47. The van der Waals surface area contributed by atoms with Gasteiger partial charge in [0.15, 0.2) is 5.13 Å². The highest BCUT2D eigenvalue weighted by Crippen LogP contribution is 2.28. The minimum Gasteiger partial charge on any atom is -0.301 e. The van der Waals surface area contributed by atoms with Crippen molar-refractivity contribution in [2.45, 2.75) is 16.7 Å². The number of hydrogen-bond acceptors (Lipinski definition) is 8. The summed E-state index contributed by atoms with van der Waals surface area (Å²) in [4.78, 5) is 28.2. The number of sulfonamides is 1. The Hall–Kier alpha value is -3.74. The van der Waals surface area contributed by atoms with E-state index >= 15 is 0 Å². The fraction of sp³-hybridized carbons (Fsp3) is 0.0833. The molecule has 12 heteroatoms. The highest BCUT2D eigenvalue weighted by molar-refractivity contribution is 8.00. The quantitative estimate of drug-likeness (QED) is 0.161. The van der Waals surface area contributed by atoms with Crippen molar-refractivity contribution in [3.8, 4) is 11.3 Å². The number of aryl methyl sites for hydroxylation is 1. The lowest BCUT2D eigenvalue weighted by Gasteiger charge is -2.09. The van der Waals surface area contributed by atoms with Crippen LogP contribution in [0.1, 0.15) is 5.56 Å². The van der Waals surface area contributed by atoms with Crippen molar-refractivity contribution in [1.82, 2.24) is 4.98 Å². The number of thiazole rings is 1. The first-order valence-electron chi connectivity index (χ1n) is 10.5. The number of rotatable bonds is 9. The highest BCUT2D eigenvalue weighted by Gasteiger charge is 2.14. The Bertz CT molecular complexity index is 1500. The Morgan fingerprint density at radius 1 is 1.08 bits per heavy atom. The van der Waals surface area contributed by atoms with Gasteiger partial charge >= 0.3 is 0 Å². The second kappa shape index (κ2) is 10.9. The van der Waals surface area contributed by atoms with Gasteiger partial charge in [0.1, 0.15) is 0 Å². The van der Waals surface area contributed by atoms with Crippen LogP contribution in [0.25, 0.3) is 11.3 Å². The average molecular weight is 541 g/mol. The zero-order valence-electron chi connectivity index (χ0n) is 18.9. The molecule has 3 aromatic carbocycles. The molecular formula is C24H20N4O5S3. The first kappa shape index (κ1) is 25.4. The number of carbonyl (C=O) groups excluding carboxylic acids is 1. The van der Waals surface area contributed by atoms with Crippen LogP contribution in [0.2, 0.25) is 0 Å². The lowest BCUT2D eigenvalue weighted by atomic mass is 10.1. The third-order valence-corrected chi connectivity index (χ3v) is 8.08. The van der Waals surface area contributed by atoms with Gasteiger partial charge in [-0.25, -0.2) is 13.4 Å². The number of nitro groups is 1. The van der Waals surface area contributed by atoms with Crippen molar-refractivity contribution < 1.29 is 18.1 Å². The molecule has 0 radical (unpaired) electrons. The summed E-state index contributed by atoms with van der Waals surface area (Å²) in [5, 5.41) is 15.8. The highest BCUT2D eigenvalue weighted by atomic mass is 32.2. The van der Waals surface area contributed by atoms with Crippen LogP contribution in [0.3, 0.4) is 0 Å². The lowest BCUT2D eigenvalue weighted by Crippen LogP contribution is -2.14. The normalized spacial score (nSPS) is 11.1. The van der Waals surface area contributed by atoms with Gasteiger partial charge in [-0.3, -0.25) is 19.6 Å². The largest absolute Gasteiger partial charge is 0.301 e. The summed E-state index contributed by atoms with van der Waals surface area (Å²) in [5.41, 5.74) is 2.48. The van der Waals surface area contributed by atoms with Gasteiger partial charge in [-0.05, 0) is 43.3 Å². The number of carbonyl (C=O) groups is 1. The van der Waals surface area contributed by atoms with Crippen LogP contribution in [0.4, 0.5) is 16.5 Å². The second-order valence-electron chi connectivity index (χ2n) is 7.63. The van der Waals surface area contributed by atoms with Gasteiger partial charge in [0, 0.05) is 33.7 Å². The molecule has 0 aliphatic heterocycles. The number of nitro benzene ring substituents is 1. The van der Waals surface area contributed by atoms with E-state index in [2.05, 4.69) is 15.0 Å². The Labute approximate surface area is 215 Å². The molecule has 2 N–H and O–H groups in total. The molecule has 0 bridgehead atoms. The molecular weight excluding hydrogens is 520 g/mol. The number of hydrogen-bond donors (Lipinski definition) is 2. The topological polar surface area (TPSA) is 131 Å². The number of nitrogens with zero attached hydrogens (tertiary/aromatic N) is 2. The molecule has 9 nitrogen and oxygen atoms in total. The smallest absolute Gasteiger partial charge is 0.270 e. The first-order chi connectivity index (χ1) is 17.2. The zero-order valence-corrected chi connectivity index (χ0v) is 21.3. The molecule has 0 saturated carbocycles. The van der Waals surface area contributed by atoms with E-state index in [4.69, 9.17) is 0 Å². The molecule has 0 unspecified atom stereocenters. The van der Waals surface area contributed by atoms with E-state index in [0.29, 0.717) is 22.1 Å². The number of non-ortho nitro benzene ring substituents is 1. The van der Waals surface area contributed by atoms with E-state index < -0.39 is 14.9 Å². The summed E-state index contributed by atoms with van der Waals surface area (Å²) in [7, 11) is -3.69. The molecule has 4 aromatic rings. The monoisotopic (exact) mass is 540 g/mol. The minimum atomic E-state index is -3.69. The van der Waals surface area contributed by atoms with Gasteiger partial charge in [-0.1, -0.05) is 29.8 Å². The van der Waals surface area contributed by atoms with Gasteiger partial charge in [0.25, 0.3) is 15.7 Å². The van der Waals surface area contributed by atoms with Gasteiger partial charge in [0.2, 0.25) is 5.91 Å². The fourth-order valence-electron chi connectivity index (χ4n) is 3.10. The van der Waals surface area contributed by atoms with Crippen LogP contribution in [-0.2, 0) is 14.8 Å². The zero-order chi connectivity index (χ0) is 25.7. The van der Waals surface area contributed by atoms with Gasteiger partial charge < -0.3 is 5.32 Å². The van der Waals surface area contributed by atoms with Crippen LogP contribution >= 0.6 is 23.1 Å². The van der Waals surface area contributed by atoms with Crippen LogP contribution in [0.5, 0.6) is 0 Å². The van der Waals surface area contributed by atoms with Crippen molar-refractivity contribution >= 4 is 55.5 Å². The molecule has 36 heavy (non-hydrogen) atoms. The average Bonchev–Trinajstić information content (AvgIpc) is 3.32. The number of amides is 1. The van der Waals surface area contributed by atoms with Gasteiger partial charge in [0.05, 0.1) is 21.3 Å². The molecule has 1 aromatic heterocycles. The fourth-order valence-corrected chi connectivity index (χ4v) is 5.59. The molecule has 1 heterocycles. The molecule has 0 saturated heterocycles. The number of anilines is 2. The maximum absolute atomic E-state index is 12.5. The Morgan fingerprint density at radius 3 is 2.50 bits per heavy atom. The number of nitrogens with one attached hydrogen (secondary N) is 2. The van der Waals surface area contributed by atoms with Crippen molar-refractivity contribution in [2.24, 2.45) is 0 Å². The molecule has 0 fully saturated rings. The number of thioether (sulfide) groups is 1. The summed E-state index contributed by atoms with van der Waals surface area (Å²) in [6.07, 6.45) is 0. The Balaban J connectivity index is 1.31. The predicted octanol–water partition coefficient (Wildman–Crippen LogP) is 5.56. The minimum absolute atomic E-state index is 0.0311.